The predicted octanol–water partition coefficient (Wildman–Crippen LogP) is 0.862. The molecule has 3 nitrogen and oxygen atoms in total. The Balaban J connectivity index is 0.000000810. The minimum absolute atomic E-state index is 0. The zero-order chi connectivity index (χ0) is 6.85. The Hall–Kier alpha value is -0.540. The molecule has 0 saturated carbocycles. The number of hydrogen-bond acceptors (Lipinski definition) is 2. The van der Waals surface area contributed by atoms with Crippen LogP contribution in [0.2, 0.25) is 0 Å². The summed E-state index contributed by atoms with van der Waals surface area (Å²) in [4.78, 5) is 0. The highest BCUT2D eigenvalue weighted by Gasteiger charge is 2.01. The van der Waals surface area contributed by atoms with Crippen LogP contribution in [0.5, 0.6) is 0 Å². The van der Waals surface area contributed by atoms with Crippen LogP contribution >= 0.6 is 12.4 Å². The lowest BCUT2D eigenvalue weighted by Gasteiger charge is -2.03. The van der Waals surface area contributed by atoms with Gasteiger partial charge in [0.2, 0.25) is 0 Å². The monoisotopic (exact) mass is 161 g/mol. The van der Waals surface area contributed by atoms with Gasteiger partial charge in [0, 0.05) is 19.3 Å². The summed E-state index contributed by atoms with van der Waals surface area (Å²) >= 11 is 0. The van der Waals surface area contributed by atoms with Crippen molar-refractivity contribution >= 4 is 12.4 Å². The van der Waals surface area contributed by atoms with Crippen LogP contribution in [0.4, 0.5) is 0 Å². The second kappa shape index (κ2) is 3.58. The van der Waals surface area contributed by atoms with Gasteiger partial charge in [-0.05, 0) is 13.0 Å². The summed E-state index contributed by atoms with van der Waals surface area (Å²) in [6.45, 7) is 1.94. The van der Waals surface area contributed by atoms with E-state index >= 15 is 0 Å². The molecular formula is C6H12ClN3. The van der Waals surface area contributed by atoms with Crippen LogP contribution in [0.25, 0.3) is 0 Å². The largest absolute Gasteiger partial charge is 0.323 e. The van der Waals surface area contributed by atoms with Crippen molar-refractivity contribution in [3.8, 4) is 0 Å². The Morgan fingerprint density at radius 2 is 2.30 bits per heavy atom. The first-order valence-electron chi connectivity index (χ1n) is 2.95. The number of hydrogen-bond donors (Lipinski definition) is 1. The summed E-state index contributed by atoms with van der Waals surface area (Å²) in [5, 5.41) is 3.97. The molecule has 0 aromatic carbocycles. The van der Waals surface area contributed by atoms with E-state index in [2.05, 4.69) is 5.10 Å². The van der Waals surface area contributed by atoms with E-state index in [4.69, 9.17) is 5.73 Å². The Morgan fingerprint density at radius 3 is 2.50 bits per heavy atom. The summed E-state index contributed by atoms with van der Waals surface area (Å²) in [6, 6.07) is 2.00. The smallest absolute Gasteiger partial charge is 0.0545 e. The molecule has 1 atom stereocenters. The van der Waals surface area contributed by atoms with E-state index in [1.54, 1.807) is 10.9 Å². The van der Waals surface area contributed by atoms with E-state index in [-0.39, 0.29) is 18.4 Å². The van der Waals surface area contributed by atoms with Crippen molar-refractivity contribution in [2.75, 3.05) is 0 Å². The zero-order valence-electron chi connectivity index (χ0n) is 6.11. The molecule has 0 aliphatic rings. The number of rotatable bonds is 1. The minimum atomic E-state index is 0. The molecule has 0 amide bonds. The van der Waals surface area contributed by atoms with Gasteiger partial charge in [-0.25, -0.2) is 0 Å². The molecule has 1 rings (SSSR count). The highest BCUT2D eigenvalue weighted by molar-refractivity contribution is 5.85. The third-order valence-electron chi connectivity index (χ3n) is 1.33. The van der Waals surface area contributed by atoms with E-state index in [0.29, 0.717) is 0 Å². The van der Waals surface area contributed by atoms with Gasteiger partial charge in [0.15, 0.2) is 0 Å². The van der Waals surface area contributed by atoms with Crippen molar-refractivity contribution in [2.24, 2.45) is 12.8 Å². The fraction of sp³-hybridized carbons (Fsp3) is 0.500. The average Bonchev–Trinajstić information content (AvgIpc) is 2.13. The Morgan fingerprint density at radius 1 is 1.70 bits per heavy atom. The molecule has 1 aromatic rings. The van der Waals surface area contributed by atoms with Crippen LogP contribution in [0, 0.1) is 0 Å². The molecule has 2 N–H and O–H groups in total. The lowest BCUT2D eigenvalue weighted by Crippen LogP contribution is -2.10. The Bertz CT molecular complexity index is 195. The van der Waals surface area contributed by atoms with E-state index in [1.807, 2.05) is 20.0 Å². The van der Waals surface area contributed by atoms with Crippen molar-refractivity contribution in [1.82, 2.24) is 9.78 Å². The Kier molecular flexibility index (Phi) is 3.39. The molecule has 0 saturated heterocycles. The lowest BCUT2D eigenvalue weighted by atomic mass is 10.2. The summed E-state index contributed by atoms with van der Waals surface area (Å²) in [7, 11) is 1.89. The maximum absolute atomic E-state index is 5.60. The topological polar surface area (TPSA) is 43.8 Å². The maximum Gasteiger partial charge on any atom is 0.0545 e. The van der Waals surface area contributed by atoms with Gasteiger partial charge >= 0.3 is 0 Å². The average molecular weight is 162 g/mol. The maximum atomic E-state index is 5.60. The summed E-state index contributed by atoms with van der Waals surface area (Å²) in [6.07, 6.45) is 1.75. The summed E-state index contributed by atoms with van der Waals surface area (Å²) in [5.74, 6) is 0. The van der Waals surface area contributed by atoms with Gasteiger partial charge in [0.05, 0.1) is 5.69 Å². The molecule has 4 heteroatoms. The molecule has 10 heavy (non-hydrogen) atoms. The van der Waals surface area contributed by atoms with E-state index in [9.17, 15) is 0 Å². The quantitative estimate of drug-likeness (QED) is 0.664. The van der Waals surface area contributed by atoms with Crippen LogP contribution in [0.3, 0.4) is 0 Å². The molecule has 58 valence electrons. The van der Waals surface area contributed by atoms with Gasteiger partial charge in [-0.3, -0.25) is 4.68 Å². The van der Waals surface area contributed by atoms with Crippen LogP contribution in [0.1, 0.15) is 18.7 Å². The summed E-state index contributed by atoms with van der Waals surface area (Å²) < 4.78 is 1.78. The minimum Gasteiger partial charge on any atom is -0.323 e. The second-order valence-electron chi connectivity index (χ2n) is 2.17. The molecule has 1 heterocycles. The molecule has 1 aromatic heterocycles. The normalized spacial score (nSPS) is 12.3. The third kappa shape index (κ3) is 1.72. The van der Waals surface area contributed by atoms with E-state index in [0.717, 1.165) is 5.69 Å². The van der Waals surface area contributed by atoms with Crippen molar-refractivity contribution in [3.05, 3.63) is 18.0 Å². The summed E-state index contributed by atoms with van der Waals surface area (Å²) in [5.41, 5.74) is 6.66. The van der Waals surface area contributed by atoms with Gasteiger partial charge in [0.25, 0.3) is 0 Å². The Labute approximate surface area is 66.6 Å². The van der Waals surface area contributed by atoms with Crippen molar-refractivity contribution < 1.29 is 0 Å². The van der Waals surface area contributed by atoms with Crippen LogP contribution in [-0.4, -0.2) is 9.78 Å². The first-order valence-corrected chi connectivity index (χ1v) is 2.95. The fourth-order valence-electron chi connectivity index (χ4n) is 0.831. The van der Waals surface area contributed by atoms with Gasteiger partial charge in [-0.2, -0.15) is 5.10 Å². The number of aryl methyl sites for hydroxylation is 1. The van der Waals surface area contributed by atoms with E-state index in [1.165, 1.54) is 0 Å². The molecule has 0 bridgehead atoms. The first kappa shape index (κ1) is 9.46. The van der Waals surface area contributed by atoms with Crippen LogP contribution in [-0.2, 0) is 7.05 Å². The van der Waals surface area contributed by atoms with Crippen molar-refractivity contribution in [2.45, 2.75) is 13.0 Å². The fourth-order valence-corrected chi connectivity index (χ4v) is 0.831. The number of nitrogens with zero attached hydrogens (tertiary/aromatic N) is 2. The molecule has 0 aliphatic carbocycles. The zero-order valence-corrected chi connectivity index (χ0v) is 6.93. The first-order chi connectivity index (χ1) is 4.22. The number of halogens is 1. The van der Waals surface area contributed by atoms with E-state index < -0.39 is 0 Å². The van der Waals surface area contributed by atoms with Gasteiger partial charge < -0.3 is 5.73 Å². The molecule has 0 aliphatic heterocycles. The highest BCUT2D eigenvalue weighted by atomic mass is 35.5. The van der Waals surface area contributed by atoms with Crippen LogP contribution in [0.15, 0.2) is 12.3 Å². The number of nitrogens with two attached hydrogens (primary N) is 1. The van der Waals surface area contributed by atoms with Gasteiger partial charge in [0.1, 0.15) is 0 Å². The van der Waals surface area contributed by atoms with Crippen LogP contribution < -0.4 is 5.73 Å². The van der Waals surface area contributed by atoms with Crippen molar-refractivity contribution in [3.63, 3.8) is 0 Å². The molecule has 0 spiro atoms. The molecule has 1 unspecified atom stereocenters. The van der Waals surface area contributed by atoms with Crippen molar-refractivity contribution in [1.29, 1.82) is 0 Å². The SMILES string of the molecule is CC(N)c1ccnn1C.Cl. The standard InChI is InChI=1S/C6H11N3.ClH/c1-5(7)6-3-4-8-9(6)2;/h3-5H,7H2,1-2H3;1H. The predicted molar refractivity (Wildman–Crippen MR) is 43.1 cm³/mol. The molecular weight excluding hydrogens is 150 g/mol. The second-order valence-corrected chi connectivity index (χ2v) is 2.17. The number of aromatic nitrogens is 2. The van der Waals surface area contributed by atoms with Gasteiger partial charge in [-0.1, -0.05) is 0 Å². The third-order valence-corrected chi connectivity index (χ3v) is 1.33. The molecule has 0 radical (unpaired) electrons. The lowest BCUT2D eigenvalue weighted by molar-refractivity contribution is 0.654. The van der Waals surface area contributed by atoms with Gasteiger partial charge in [-0.15, -0.1) is 12.4 Å². The highest BCUT2D eigenvalue weighted by Crippen LogP contribution is 2.05. The molecule has 0 fully saturated rings.